The molecular formula is C12H12BrCl2NOS. The number of rotatable bonds is 5. The lowest BCUT2D eigenvalue weighted by molar-refractivity contribution is 0.524. The number of furan rings is 1. The predicted octanol–water partition coefficient (Wildman–Crippen LogP) is 5.50. The first-order valence-electron chi connectivity index (χ1n) is 5.54. The van der Waals surface area contributed by atoms with Crippen LogP contribution in [0.15, 0.2) is 27.5 Å². The van der Waals surface area contributed by atoms with E-state index in [4.69, 9.17) is 27.6 Å². The van der Waals surface area contributed by atoms with E-state index in [9.17, 15) is 0 Å². The van der Waals surface area contributed by atoms with Gasteiger partial charge >= 0.3 is 0 Å². The highest BCUT2D eigenvalue weighted by Gasteiger charge is 2.22. The second kappa shape index (κ2) is 6.44. The smallest absolute Gasteiger partial charge is 0.174 e. The quantitative estimate of drug-likeness (QED) is 0.753. The van der Waals surface area contributed by atoms with Crippen molar-refractivity contribution in [2.45, 2.75) is 19.4 Å². The molecule has 0 aromatic carbocycles. The highest BCUT2D eigenvalue weighted by molar-refractivity contribution is 9.10. The number of hydrogen-bond acceptors (Lipinski definition) is 3. The van der Waals surface area contributed by atoms with E-state index in [-0.39, 0.29) is 6.04 Å². The molecule has 2 aromatic heterocycles. The van der Waals surface area contributed by atoms with E-state index in [0.717, 1.165) is 28.8 Å². The van der Waals surface area contributed by atoms with E-state index in [2.05, 4.69) is 28.2 Å². The molecule has 2 aromatic rings. The molecule has 0 saturated carbocycles. The van der Waals surface area contributed by atoms with Gasteiger partial charge in [0.25, 0.3) is 0 Å². The highest BCUT2D eigenvalue weighted by Crippen LogP contribution is 2.39. The molecule has 0 bridgehead atoms. The Labute approximate surface area is 128 Å². The van der Waals surface area contributed by atoms with Crippen molar-refractivity contribution in [2.24, 2.45) is 0 Å². The first-order valence-corrected chi connectivity index (χ1v) is 7.91. The summed E-state index contributed by atoms with van der Waals surface area (Å²) in [6.45, 7) is 3.02. The van der Waals surface area contributed by atoms with Gasteiger partial charge in [0.05, 0.1) is 21.0 Å². The van der Waals surface area contributed by atoms with Crippen molar-refractivity contribution >= 4 is 50.5 Å². The average Bonchev–Trinajstić information content (AvgIpc) is 2.87. The zero-order valence-corrected chi connectivity index (χ0v) is 13.6. The van der Waals surface area contributed by atoms with Crippen LogP contribution in [0.1, 0.15) is 30.5 Å². The molecule has 0 amide bonds. The van der Waals surface area contributed by atoms with Crippen LogP contribution in [0.2, 0.25) is 8.67 Å². The van der Waals surface area contributed by atoms with E-state index >= 15 is 0 Å². The summed E-state index contributed by atoms with van der Waals surface area (Å²) < 4.78 is 7.42. The van der Waals surface area contributed by atoms with Gasteiger partial charge in [0.2, 0.25) is 0 Å². The van der Waals surface area contributed by atoms with Gasteiger partial charge in [-0.15, -0.1) is 11.3 Å². The van der Waals surface area contributed by atoms with Gasteiger partial charge in [0.1, 0.15) is 0 Å². The van der Waals surface area contributed by atoms with Crippen molar-refractivity contribution in [3.05, 3.63) is 42.9 Å². The van der Waals surface area contributed by atoms with Gasteiger partial charge in [-0.05, 0) is 41.0 Å². The first kappa shape index (κ1) is 14.4. The monoisotopic (exact) mass is 367 g/mol. The van der Waals surface area contributed by atoms with Crippen molar-refractivity contribution < 1.29 is 4.42 Å². The number of hydrogen-bond donors (Lipinski definition) is 1. The van der Waals surface area contributed by atoms with Crippen LogP contribution in [-0.4, -0.2) is 6.54 Å². The molecule has 0 fully saturated rings. The molecule has 6 heteroatoms. The van der Waals surface area contributed by atoms with Crippen LogP contribution in [0.25, 0.3) is 0 Å². The van der Waals surface area contributed by atoms with Crippen molar-refractivity contribution in [3.8, 4) is 0 Å². The molecule has 98 valence electrons. The molecule has 18 heavy (non-hydrogen) atoms. The SMILES string of the molecule is CCCNC(c1ccoc1Br)c1cc(Cl)sc1Cl. The fraction of sp³-hybridized carbons (Fsp3) is 0.333. The minimum Gasteiger partial charge on any atom is -0.457 e. The van der Waals surface area contributed by atoms with Crippen LogP contribution in [-0.2, 0) is 0 Å². The second-order valence-corrected chi connectivity index (χ2v) is 6.82. The van der Waals surface area contributed by atoms with Crippen LogP contribution >= 0.6 is 50.5 Å². The summed E-state index contributed by atoms with van der Waals surface area (Å²) >= 11 is 17.0. The van der Waals surface area contributed by atoms with Crippen LogP contribution in [0, 0.1) is 0 Å². The van der Waals surface area contributed by atoms with Crippen molar-refractivity contribution in [3.63, 3.8) is 0 Å². The Balaban J connectivity index is 2.37. The summed E-state index contributed by atoms with van der Waals surface area (Å²) in [6, 6.07) is 3.83. The van der Waals surface area contributed by atoms with E-state index in [1.54, 1.807) is 6.26 Å². The first-order chi connectivity index (χ1) is 8.63. The molecule has 1 unspecified atom stereocenters. The van der Waals surface area contributed by atoms with Gasteiger partial charge in [-0.3, -0.25) is 0 Å². The Morgan fingerprint density at radius 1 is 1.44 bits per heavy atom. The van der Waals surface area contributed by atoms with Gasteiger partial charge in [-0.1, -0.05) is 30.1 Å². The molecule has 0 aliphatic rings. The van der Waals surface area contributed by atoms with Gasteiger partial charge in [-0.25, -0.2) is 0 Å². The maximum absolute atomic E-state index is 6.24. The Morgan fingerprint density at radius 3 is 2.72 bits per heavy atom. The van der Waals surface area contributed by atoms with Crippen LogP contribution in [0.5, 0.6) is 0 Å². The lowest BCUT2D eigenvalue weighted by atomic mass is 10.0. The van der Waals surface area contributed by atoms with Crippen molar-refractivity contribution in [2.75, 3.05) is 6.54 Å². The minimum absolute atomic E-state index is 0.00525. The molecule has 0 aliphatic heterocycles. The second-order valence-electron chi connectivity index (χ2n) is 3.82. The summed E-state index contributed by atoms with van der Waals surface area (Å²) in [5.74, 6) is 0. The number of thiophene rings is 1. The maximum atomic E-state index is 6.24. The fourth-order valence-electron chi connectivity index (χ4n) is 1.74. The van der Waals surface area contributed by atoms with Crippen LogP contribution in [0.4, 0.5) is 0 Å². The third kappa shape index (κ3) is 3.11. The zero-order chi connectivity index (χ0) is 13.1. The summed E-state index contributed by atoms with van der Waals surface area (Å²) in [7, 11) is 0. The third-order valence-electron chi connectivity index (χ3n) is 2.55. The summed E-state index contributed by atoms with van der Waals surface area (Å²) in [5, 5.41) is 3.46. The van der Waals surface area contributed by atoms with Crippen molar-refractivity contribution in [1.82, 2.24) is 5.32 Å². The molecule has 2 heterocycles. The van der Waals surface area contributed by atoms with E-state index in [0.29, 0.717) is 8.67 Å². The average molecular weight is 369 g/mol. The lowest BCUT2D eigenvalue weighted by Gasteiger charge is -2.17. The lowest BCUT2D eigenvalue weighted by Crippen LogP contribution is -2.22. The molecule has 2 nitrogen and oxygen atoms in total. The molecule has 0 saturated heterocycles. The molecular weight excluding hydrogens is 357 g/mol. The Bertz CT molecular complexity index is 526. The van der Waals surface area contributed by atoms with Gasteiger partial charge in [0, 0.05) is 11.1 Å². The van der Waals surface area contributed by atoms with Crippen molar-refractivity contribution in [1.29, 1.82) is 0 Å². The van der Waals surface area contributed by atoms with Crippen LogP contribution < -0.4 is 5.32 Å². The van der Waals surface area contributed by atoms with Crippen LogP contribution in [0.3, 0.4) is 0 Å². The molecule has 2 rings (SSSR count). The Hall–Kier alpha value is -0.000000000000000167. The number of halogens is 3. The van der Waals surface area contributed by atoms with Gasteiger partial charge < -0.3 is 9.73 Å². The van der Waals surface area contributed by atoms with Gasteiger partial charge in [-0.2, -0.15) is 0 Å². The largest absolute Gasteiger partial charge is 0.457 e. The summed E-state index contributed by atoms with van der Waals surface area (Å²) in [6.07, 6.45) is 2.70. The minimum atomic E-state index is -0.00525. The highest BCUT2D eigenvalue weighted by atomic mass is 79.9. The summed E-state index contributed by atoms with van der Waals surface area (Å²) in [4.78, 5) is 0. The third-order valence-corrected chi connectivity index (χ3v) is 4.71. The Kier molecular flexibility index (Phi) is 5.15. The van der Waals surface area contributed by atoms with E-state index in [1.165, 1.54) is 11.3 Å². The zero-order valence-electron chi connectivity index (χ0n) is 9.67. The van der Waals surface area contributed by atoms with Gasteiger partial charge in [0.15, 0.2) is 4.67 Å². The number of nitrogens with one attached hydrogen (secondary N) is 1. The summed E-state index contributed by atoms with van der Waals surface area (Å²) in [5.41, 5.74) is 2.02. The molecule has 0 spiro atoms. The van der Waals surface area contributed by atoms with E-state index in [1.807, 2.05) is 12.1 Å². The standard InChI is InChI=1S/C12H12BrCl2NOS/c1-2-4-16-10(7-3-5-17-11(7)13)8-6-9(14)18-12(8)15/h3,5-6,10,16H,2,4H2,1H3. The Morgan fingerprint density at radius 2 is 2.22 bits per heavy atom. The molecule has 1 N–H and O–H groups in total. The normalized spacial score (nSPS) is 12.9. The fourth-order valence-corrected chi connectivity index (χ4v) is 3.74. The topological polar surface area (TPSA) is 25.2 Å². The van der Waals surface area contributed by atoms with E-state index < -0.39 is 0 Å². The maximum Gasteiger partial charge on any atom is 0.174 e. The molecule has 0 aliphatic carbocycles. The molecule has 1 atom stereocenters. The predicted molar refractivity (Wildman–Crippen MR) is 80.9 cm³/mol. The molecule has 0 radical (unpaired) electrons.